The molecule has 2 aliphatic heterocycles. The minimum absolute atomic E-state index is 0.00926. The number of carbonyl (C=O) groups excluding carboxylic acids is 1. The number of rotatable bonds is 4. The van der Waals surface area contributed by atoms with Gasteiger partial charge in [-0.25, -0.2) is 0 Å². The average Bonchev–Trinajstić information content (AvgIpc) is 3.06. The van der Waals surface area contributed by atoms with Crippen molar-refractivity contribution >= 4 is 17.7 Å². The summed E-state index contributed by atoms with van der Waals surface area (Å²) < 4.78 is 0. The summed E-state index contributed by atoms with van der Waals surface area (Å²) in [5.74, 6) is 1.98. The average molecular weight is 319 g/mol. The largest absolute Gasteiger partial charge is 0.352 e. The molecule has 120 valence electrons. The van der Waals surface area contributed by atoms with Crippen molar-refractivity contribution in [3.63, 3.8) is 0 Å². The van der Waals surface area contributed by atoms with E-state index in [1.165, 1.54) is 11.1 Å². The summed E-state index contributed by atoms with van der Waals surface area (Å²) in [7, 11) is 0. The molecule has 0 saturated carbocycles. The molecule has 0 spiro atoms. The molecule has 0 bridgehead atoms. The number of benzene rings is 1. The van der Waals surface area contributed by atoms with E-state index in [1.54, 1.807) is 11.8 Å². The molecule has 5 heteroatoms. The number of carbonyl (C=O) groups is 1. The van der Waals surface area contributed by atoms with E-state index in [-0.39, 0.29) is 11.9 Å². The van der Waals surface area contributed by atoms with E-state index in [4.69, 9.17) is 0 Å². The molecule has 3 rings (SSSR count). The van der Waals surface area contributed by atoms with Crippen LogP contribution in [0.1, 0.15) is 24.0 Å². The first kappa shape index (κ1) is 15.8. The van der Waals surface area contributed by atoms with Gasteiger partial charge in [0.05, 0.1) is 6.04 Å². The van der Waals surface area contributed by atoms with Crippen LogP contribution in [0.2, 0.25) is 0 Å². The smallest absolute Gasteiger partial charge is 0.238 e. The molecule has 2 fully saturated rings. The molecule has 0 aromatic heterocycles. The standard InChI is InChI=1S/C17H25N3OS/c1-13-4-2-3-5-14(13)10-20-8-6-15(7-9-20)19-17(21)16-11-22-12-18-16/h2-5,15-16,18H,6-12H2,1H3,(H,19,21). The number of hydrogen-bond donors (Lipinski definition) is 2. The molecular formula is C17H25N3OS. The van der Waals surface area contributed by atoms with Gasteiger partial charge in [0.2, 0.25) is 5.91 Å². The molecule has 2 saturated heterocycles. The first-order chi connectivity index (χ1) is 10.7. The van der Waals surface area contributed by atoms with Crippen molar-refractivity contribution in [2.75, 3.05) is 24.7 Å². The Kier molecular flexibility index (Phi) is 5.39. The maximum atomic E-state index is 12.1. The molecule has 2 heterocycles. The fraction of sp³-hybridized carbons (Fsp3) is 0.588. The Balaban J connectivity index is 1.44. The van der Waals surface area contributed by atoms with Crippen LogP contribution in [0.25, 0.3) is 0 Å². The fourth-order valence-electron chi connectivity index (χ4n) is 3.13. The SMILES string of the molecule is Cc1ccccc1CN1CCC(NC(=O)C2CSCN2)CC1. The van der Waals surface area contributed by atoms with Gasteiger partial charge in [0.15, 0.2) is 0 Å². The molecule has 22 heavy (non-hydrogen) atoms. The third kappa shape index (κ3) is 4.03. The third-order valence-electron chi connectivity index (χ3n) is 4.62. The Hall–Kier alpha value is -1.04. The predicted octanol–water partition coefficient (Wildman–Crippen LogP) is 1.74. The third-order valence-corrected chi connectivity index (χ3v) is 5.56. The van der Waals surface area contributed by atoms with E-state index < -0.39 is 0 Å². The molecule has 0 aliphatic carbocycles. The molecule has 0 radical (unpaired) electrons. The first-order valence-corrected chi connectivity index (χ1v) is 9.26. The number of piperidine rings is 1. The zero-order chi connectivity index (χ0) is 15.4. The lowest BCUT2D eigenvalue weighted by Crippen LogP contribution is -2.50. The lowest BCUT2D eigenvalue weighted by Gasteiger charge is -2.33. The van der Waals surface area contributed by atoms with Crippen LogP contribution in [0.4, 0.5) is 0 Å². The Morgan fingerprint density at radius 2 is 2.14 bits per heavy atom. The Morgan fingerprint density at radius 3 is 2.82 bits per heavy atom. The maximum absolute atomic E-state index is 12.1. The molecule has 1 unspecified atom stereocenters. The van der Waals surface area contributed by atoms with E-state index in [9.17, 15) is 4.79 Å². The lowest BCUT2D eigenvalue weighted by molar-refractivity contribution is -0.123. The van der Waals surface area contributed by atoms with Gasteiger partial charge in [-0.3, -0.25) is 15.0 Å². The summed E-state index contributed by atoms with van der Waals surface area (Å²) in [6, 6.07) is 8.95. The minimum atomic E-state index is 0.00926. The van der Waals surface area contributed by atoms with Gasteiger partial charge in [0, 0.05) is 37.3 Å². The van der Waals surface area contributed by atoms with Crippen molar-refractivity contribution in [1.29, 1.82) is 0 Å². The van der Waals surface area contributed by atoms with Crippen LogP contribution >= 0.6 is 11.8 Å². The number of amides is 1. The lowest BCUT2D eigenvalue weighted by atomic mass is 10.0. The summed E-state index contributed by atoms with van der Waals surface area (Å²) in [6.07, 6.45) is 2.11. The van der Waals surface area contributed by atoms with Crippen molar-refractivity contribution in [3.8, 4) is 0 Å². The molecule has 1 atom stereocenters. The van der Waals surface area contributed by atoms with Crippen LogP contribution in [0.5, 0.6) is 0 Å². The predicted molar refractivity (Wildman–Crippen MR) is 91.9 cm³/mol. The second kappa shape index (κ2) is 7.49. The van der Waals surface area contributed by atoms with Crippen LogP contribution in [0.15, 0.2) is 24.3 Å². The van der Waals surface area contributed by atoms with Crippen molar-refractivity contribution in [2.45, 2.75) is 38.4 Å². The van der Waals surface area contributed by atoms with Gasteiger partial charge in [-0.05, 0) is 30.9 Å². The summed E-state index contributed by atoms with van der Waals surface area (Å²) in [6.45, 7) is 5.32. The van der Waals surface area contributed by atoms with Gasteiger partial charge >= 0.3 is 0 Å². The van der Waals surface area contributed by atoms with Gasteiger partial charge in [-0.15, -0.1) is 11.8 Å². The van der Waals surface area contributed by atoms with Crippen molar-refractivity contribution in [2.24, 2.45) is 0 Å². The van der Waals surface area contributed by atoms with Gasteiger partial charge in [0.25, 0.3) is 0 Å². The molecule has 1 aromatic carbocycles. The zero-order valence-electron chi connectivity index (χ0n) is 13.2. The van der Waals surface area contributed by atoms with E-state index in [0.29, 0.717) is 6.04 Å². The quantitative estimate of drug-likeness (QED) is 0.887. The number of likely N-dealkylation sites (tertiary alicyclic amines) is 1. The van der Waals surface area contributed by atoms with Gasteiger partial charge in [-0.2, -0.15) is 0 Å². The zero-order valence-corrected chi connectivity index (χ0v) is 14.0. The van der Waals surface area contributed by atoms with Crippen molar-refractivity contribution in [1.82, 2.24) is 15.5 Å². The highest BCUT2D eigenvalue weighted by Gasteiger charge is 2.26. The van der Waals surface area contributed by atoms with E-state index in [1.807, 2.05) is 0 Å². The Labute approximate surface area is 137 Å². The number of aryl methyl sites for hydroxylation is 1. The van der Waals surface area contributed by atoms with E-state index >= 15 is 0 Å². The summed E-state index contributed by atoms with van der Waals surface area (Å²) in [5, 5.41) is 6.45. The topological polar surface area (TPSA) is 44.4 Å². The number of nitrogens with one attached hydrogen (secondary N) is 2. The normalized spacial score (nSPS) is 23.6. The van der Waals surface area contributed by atoms with E-state index in [2.05, 4.69) is 46.7 Å². The minimum Gasteiger partial charge on any atom is -0.352 e. The van der Waals surface area contributed by atoms with E-state index in [0.717, 1.165) is 44.1 Å². The molecular weight excluding hydrogens is 294 g/mol. The first-order valence-electron chi connectivity index (χ1n) is 8.11. The second-order valence-electron chi connectivity index (χ2n) is 6.26. The highest BCUT2D eigenvalue weighted by Crippen LogP contribution is 2.17. The van der Waals surface area contributed by atoms with Crippen LogP contribution in [0, 0.1) is 6.92 Å². The highest BCUT2D eigenvalue weighted by molar-refractivity contribution is 7.99. The highest BCUT2D eigenvalue weighted by atomic mass is 32.2. The van der Waals surface area contributed by atoms with Gasteiger partial charge in [0.1, 0.15) is 0 Å². The molecule has 2 N–H and O–H groups in total. The molecule has 1 amide bonds. The van der Waals surface area contributed by atoms with Crippen LogP contribution in [-0.2, 0) is 11.3 Å². The second-order valence-corrected chi connectivity index (χ2v) is 7.29. The molecule has 1 aromatic rings. The number of hydrogen-bond acceptors (Lipinski definition) is 4. The monoisotopic (exact) mass is 319 g/mol. The van der Waals surface area contributed by atoms with Crippen LogP contribution < -0.4 is 10.6 Å². The fourth-order valence-corrected chi connectivity index (χ4v) is 4.07. The maximum Gasteiger partial charge on any atom is 0.238 e. The molecule has 2 aliphatic rings. The van der Waals surface area contributed by atoms with Gasteiger partial charge < -0.3 is 5.32 Å². The number of nitrogens with zero attached hydrogens (tertiary/aromatic N) is 1. The van der Waals surface area contributed by atoms with Crippen LogP contribution in [-0.4, -0.2) is 47.6 Å². The molecule has 4 nitrogen and oxygen atoms in total. The summed E-state index contributed by atoms with van der Waals surface area (Å²) in [4.78, 5) is 14.6. The summed E-state index contributed by atoms with van der Waals surface area (Å²) in [5.41, 5.74) is 2.78. The summed E-state index contributed by atoms with van der Waals surface area (Å²) >= 11 is 1.80. The number of thioether (sulfide) groups is 1. The van der Waals surface area contributed by atoms with Crippen molar-refractivity contribution < 1.29 is 4.79 Å². The Bertz CT molecular complexity index is 508. The van der Waals surface area contributed by atoms with Gasteiger partial charge in [-0.1, -0.05) is 24.3 Å². The van der Waals surface area contributed by atoms with Crippen LogP contribution in [0.3, 0.4) is 0 Å². The van der Waals surface area contributed by atoms with Crippen molar-refractivity contribution in [3.05, 3.63) is 35.4 Å². The Morgan fingerprint density at radius 1 is 1.36 bits per heavy atom.